The van der Waals surface area contributed by atoms with Crippen LogP contribution in [0.25, 0.3) is 89.2 Å². The normalized spacial score (nSPS) is 11.6. The molecule has 0 aliphatic heterocycles. The van der Waals surface area contributed by atoms with Crippen LogP contribution in [0.1, 0.15) is 0 Å². The van der Waals surface area contributed by atoms with Gasteiger partial charge in [-0.25, -0.2) is 15.0 Å². The van der Waals surface area contributed by atoms with Crippen LogP contribution in [-0.4, -0.2) is 22.0 Å². The average molecular weight is 671 g/mol. The smallest absolute Gasteiger partial charge is 0.167 e. The predicted octanol–water partition coefficient (Wildman–Crippen LogP) is 12.1. The number of hydrogen-bond acceptors (Lipinski definition) is 6. The highest BCUT2D eigenvalue weighted by atomic mass is 16.3. The second kappa shape index (κ2) is 12.1. The number of para-hydroxylation sites is 3. The molecule has 6 heteroatoms. The molecule has 0 saturated heterocycles. The van der Waals surface area contributed by atoms with Gasteiger partial charge in [-0.3, -0.25) is 0 Å². The molecular formula is C46H30N4O2. The topological polar surface area (TPSA) is 68.2 Å². The lowest BCUT2D eigenvalue weighted by molar-refractivity contribution is 0.668. The molecule has 0 N–H and O–H groups in total. The molecule has 246 valence electrons. The molecule has 7 aromatic carbocycles. The quantitative estimate of drug-likeness (QED) is 0.175. The maximum Gasteiger partial charge on any atom is 0.167 e. The molecule has 0 fully saturated rings. The number of hydrogen-bond donors (Lipinski definition) is 0. The minimum Gasteiger partial charge on any atom is -0.456 e. The summed E-state index contributed by atoms with van der Waals surface area (Å²) in [6.45, 7) is 0. The Morgan fingerprint density at radius 3 is 1.87 bits per heavy atom. The van der Waals surface area contributed by atoms with Gasteiger partial charge in [0.1, 0.15) is 22.3 Å². The fraction of sp³-hybridized carbons (Fsp3) is 0.0217. The first-order chi connectivity index (χ1) is 25.7. The van der Waals surface area contributed by atoms with Gasteiger partial charge >= 0.3 is 0 Å². The summed E-state index contributed by atoms with van der Waals surface area (Å²) in [5.41, 5.74) is 10.2. The average Bonchev–Trinajstić information content (AvgIpc) is 3.79. The number of anilines is 2. The summed E-state index contributed by atoms with van der Waals surface area (Å²) in [7, 11) is 2.11. The van der Waals surface area contributed by atoms with Crippen molar-refractivity contribution in [2.45, 2.75) is 0 Å². The largest absolute Gasteiger partial charge is 0.456 e. The van der Waals surface area contributed by atoms with Crippen molar-refractivity contribution in [1.29, 1.82) is 0 Å². The zero-order valence-corrected chi connectivity index (χ0v) is 28.2. The number of benzene rings is 7. The molecule has 0 spiro atoms. The summed E-state index contributed by atoms with van der Waals surface area (Å²) in [4.78, 5) is 17.3. The molecule has 0 saturated carbocycles. The summed E-state index contributed by atoms with van der Waals surface area (Å²) >= 11 is 0. The molecule has 10 aromatic rings. The molecule has 52 heavy (non-hydrogen) atoms. The standard InChI is InChI=1S/C46H30N4O2/c1-50(37-22-10-8-18-32(37)29-14-4-2-5-15-29)38-23-13-25-40-42(38)35-27-26-31(28-41(35)51-40)45-47-44(30-16-6-3-7-17-30)48-46(49-45)36-21-12-20-34-33-19-9-11-24-39(33)52-43(34)36/h2-28H,1H3. The van der Waals surface area contributed by atoms with Crippen LogP contribution in [0.3, 0.4) is 0 Å². The Bertz CT molecular complexity index is 2930. The fourth-order valence-corrected chi connectivity index (χ4v) is 7.25. The van der Waals surface area contributed by atoms with Crippen LogP contribution >= 0.6 is 0 Å². The second-order valence-electron chi connectivity index (χ2n) is 12.9. The minimum absolute atomic E-state index is 0.541. The first-order valence-corrected chi connectivity index (χ1v) is 17.3. The van der Waals surface area contributed by atoms with Crippen LogP contribution in [0.15, 0.2) is 173 Å². The van der Waals surface area contributed by atoms with Crippen molar-refractivity contribution in [3.8, 4) is 45.3 Å². The lowest BCUT2D eigenvalue weighted by Gasteiger charge is -2.23. The fourth-order valence-electron chi connectivity index (χ4n) is 7.25. The molecule has 10 rings (SSSR count). The maximum absolute atomic E-state index is 6.56. The molecule has 0 amide bonds. The van der Waals surface area contributed by atoms with E-state index in [2.05, 4.69) is 90.8 Å². The highest BCUT2D eigenvalue weighted by molar-refractivity contribution is 6.13. The number of aromatic nitrogens is 3. The maximum atomic E-state index is 6.56. The van der Waals surface area contributed by atoms with E-state index in [0.717, 1.165) is 77.5 Å². The summed E-state index contributed by atoms with van der Waals surface area (Å²) in [6.07, 6.45) is 0. The van der Waals surface area contributed by atoms with Crippen molar-refractivity contribution in [3.05, 3.63) is 164 Å². The molecule has 0 radical (unpaired) electrons. The van der Waals surface area contributed by atoms with Crippen LogP contribution in [0, 0.1) is 0 Å². The van der Waals surface area contributed by atoms with Gasteiger partial charge in [0.05, 0.1) is 16.6 Å². The molecule has 0 aliphatic carbocycles. The van der Waals surface area contributed by atoms with Crippen LogP contribution in [0.5, 0.6) is 0 Å². The summed E-state index contributed by atoms with van der Waals surface area (Å²) < 4.78 is 13.0. The van der Waals surface area contributed by atoms with Gasteiger partial charge in [-0.05, 0) is 48.0 Å². The molecule has 0 bridgehead atoms. The van der Waals surface area contributed by atoms with Gasteiger partial charge in [-0.15, -0.1) is 0 Å². The third-order valence-corrected chi connectivity index (χ3v) is 9.76. The monoisotopic (exact) mass is 670 g/mol. The summed E-state index contributed by atoms with van der Waals surface area (Å²) in [6, 6.07) is 55.6. The molecule has 0 unspecified atom stereocenters. The second-order valence-corrected chi connectivity index (χ2v) is 12.9. The van der Waals surface area contributed by atoms with Crippen molar-refractivity contribution in [3.63, 3.8) is 0 Å². The van der Waals surface area contributed by atoms with E-state index in [0.29, 0.717) is 17.5 Å². The van der Waals surface area contributed by atoms with Gasteiger partial charge in [0, 0.05) is 45.6 Å². The summed E-state index contributed by atoms with van der Waals surface area (Å²) in [5.74, 6) is 1.67. The molecule has 0 aliphatic rings. The Morgan fingerprint density at radius 2 is 1.02 bits per heavy atom. The van der Waals surface area contributed by atoms with Gasteiger partial charge in [-0.2, -0.15) is 0 Å². The molecular weight excluding hydrogens is 641 g/mol. The van der Waals surface area contributed by atoms with Crippen molar-refractivity contribution in [2.75, 3.05) is 11.9 Å². The lowest BCUT2D eigenvalue weighted by Crippen LogP contribution is -2.11. The third kappa shape index (κ3) is 4.92. The van der Waals surface area contributed by atoms with Crippen LogP contribution < -0.4 is 4.90 Å². The van der Waals surface area contributed by atoms with E-state index in [1.165, 1.54) is 5.56 Å². The van der Waals surface area contributed by atoms with Crippen LogP contribution in [0.2, 0.25) is 0 Å². The Labute approximate surface area is 299 Å². The van der Waals surface area contributed by atoms with E-state index in [1.807, 2.05) is 84.9 Å². The number of rotatable bonds is 6. The molecule has 0 atom stereocenters. The minimum atomic E-state index is 0.541. The predicted molar refractivity (Wildman–Crippen MR) is 211 cm³/mol. The van der Waals surface area contributed by atoms with Crippen LogP contribution in [-0.2, 0) is 0 Å². The molecule has 3 heterocycles. The Kier molecular flexibility index (Phi) is 6.93. The van der Waals surface area contributed by atoms with E-state index < -0.39 is 0 Å². The van der Waals surface area contributed by atoms with Crippen LogP contribution in [0.4, 0.5) is 11.4 Å². The SMILES string of the molecule is CN(c1ccccc1-c1ccccc1)c1cccc2oc3cc(-c4nc(-c5ccccc5)nc(-c5cccc6c5oc5ccccc56)n4)ccc3c12. The summed E-state index contributed by atoms with van der Waals surface area (Å²) in [5, 5.41) is 4.14. The van der Waals surface area contributed by atoms with Gasteiger partial charge < -0.3 is 13.7 Å². The van der Waals surface area contributed by atoms with Crippen molar-refractivity contribution >= 4 is 55.3 Å². The Hall–Kier alpha value is -7.05. The zero-order valence-electron chi connectivity index (χ0n) is 28.2. The first-order valence-electron chi connectivity index (χ1n) is 17.3. The Balaban J connectivity index is 1.12. The highest BCUT2D eigenvalue weighted by Crippen LogP contribution is 2.42. The van der Waals surface area contributed by atoms with Gasteiger partial charge in [0.2, 0.25) is 0 Å². The van der Waals surface area contributed by atoms with Crippen molar-refractivity contribution in [2.24, 2.45) is 0 Å². The number of fused-ring (bicyclic) bond motifs is 6. The highest BCUT2D eigenvalue weighted by Gasteiger charge is 2.20. The van der Waals surface area contributed by atoms with E-state index in [1.54, 1.807) is 0 Å². The van der Waals surface area contributed by atoms with Gasteiger partial charge in [0.25, 0.3) is 0 Å². The van der Waals surface area contributed by atoms with Crippen molar-refractivity contribution < 1.29 is 8.83 Å². The number of nitrogens with zero attached hydrogens (tertiary/aromatic N) is 4. The molecule has 6 nitrogen and oxygen atoms in total. The van der Waals surface area contributed by atoms with Gasteiger partial charge in [0.15, 0.2) is 17.5 Å². The van der Waals surface area contributed by atoms with E-state index >= 15 is 0 Å². The first kappa shape index (κ1) is 29.8. The Morgan fingerprint density at radius 1 is 0.404 bits per heavy atom. The van der Waals surface area contributed by atoms with Crippen molar-refractivity contribution in [1.82, 2.24) is 15.0 Å². The molecule has 3 aromatic heterocycles. The van der Waals surface area contributed by atoms with E-state index in [9.17, 15) is 0 Å². The van der Waals surface area contributed by atoms with E-state index in [4.69, 9.17) is 23.8 Å². The van der Waals surface area contributed by atoms with E-state index in [-0.39, 0.29) is 0 Å². The zero-order chi connectivity index (χ0) is 34.6. The van der Waals surface area contributed by atoms with Gasteiger partial charge in [-0.1, -0.05) is 121 Å². The number of furan rings is 2. The lowest BCUT2D eigenvalue weighted by atomic mass is 10.0. The third-order valence-electron chi connectivity index (χ3n) is 9.76.